The predicted molar refractivity (Wildman–Crippen MR) is 115 cm³/mol. The van der Waals surface area contributed by atoms with Gasteiger partial charge >= 0.3 is 0 Å². The zero-order chi connectivity index (χ0) is 21.3. The molecule has 1 N–H and O–H groups in total. The summed E-state index contributed by atoms with van der Waals surface area (Å²) in [5, 5.41) is 3.02. The molecule has 0 radical (unpaired) electrons. The molecule has 1 aliphatic heterocycles. The van der Waals surface area contributed by atoms with E-state index in [4.69, 9.17) is 11.6 Å². The number of sulfonamides is 1. The minimum atomic E-state index is -3.73. The van der Waals surface area contributed by atoms with Crippen LogP contribution in [0.3, 0.4) is 0 Å². The molecule has 0 saturated carbocycles. The summed E-state index contributed by atoms with van der Waals surface area (Å²) in [4.78, 5) is 25.1. The number of rotatable bonds is 5. The number of anilines is 2. The summed E-state index contributed by atoms with van der Waals surface area (Å²) >= 11 is 6.30. The summed E-state index contributed by atoms with van der Waals surface area (Å²) in [6.45, 7) is 5.60. The van der Waals surface area contributed by atoms with Gasteiger partial charge in [0.05, 0.1) is 27.9 Å². The third kappa shape index (κ3) is 4.02. The zero-order valence-corrected chi connectivity index (χ0v) is 18.1. The molecule has 1 atom stereocenters. The van der Waals surface area contributed by atoms with Crippen molar-refractivity contribution in [1.29, 1.82) is 0 Å². The molecule has 8 heteroatoms. The largest absolute Gasteiger partial charge is 0.321 e. The topological polar surface area (TPSA) is 83.6 Å². The minimum absolute atomic E-state index is 0.0783. The molecule has 29 heavy (non-hydrogen) atoms. The van der Waals surface area contributed by atoms with Crippen LogP contribution in [0.5, 0.6) is 0 Å². The van der Waals surface area contributed by atoms with E-state index < -0.39 is 21.8 Å². The number of nitrogens with one attached hydrogen (secondary N) is 1. The lowest BCUT2D eigenvalue weighted by Gasteiger charge is -2.17. The summed E-state index contributed by atoms with van der Waals surface area (Å²) < 4.78 is 25.3. The van der Waals surface area contributed by atoms with Crippen LogP contribution in [0.1, 0.15) is 42.3 Å². The van der Waals surface area contributed by atoms with Crippen LogP contribution in [0, 0.1) is 5.92 Å². The van der Waals surface area contributed by atoms with Gasteiger partial charge in [-0.1, -0.05) is 50.6 Å². The Labute approximate surface area is 175 Å². The van der Waals surface area contributed by atoms with Gasteiger partial charge in [-0.2, -0.15) is 0 Å². The van der Waals surface area contributed by atoms with Crippen LogP contribution >= 0.6 is 11.6 Å². The van der Waals surface area contributed by atoms with E-state index in [1.165, 1.54) is 18.2 Å². The second kappa shape index (κ2) is 8.16. The molecule has 1 fully saturated rings. The maximum absolute atomic E-state index is 12.9. The number of aryl methyl sites for hydroxylation is 2. The van der Waals surface area contributed by atoms with E-state index in [1.54, 1.807) is 6.92 Å². The number of amides is 2. The van der Waals surface area contributed by atoms with Gasteiger partial charge in [0.15, 0.2) is 0 Å². The van der Waals surface area contributed by atoms with Gasteiger partial charge < -0.3 is 5.32 Å². The Balaban J connectivity index is 1.92. The molecule has 0 aliphatic carbocycles. The lowest BCUT2D eigenvalue weighted by molar-refractivity contribution is -0.119. The Hall–Kier alpha value is -2.38. The first-order valence-corrected chi connectivity index (χ1v) is 11.5. The zero-order valence-electron chi connectivity index (χ0n) is 16.5. The van der Waals surface area contributed by atoms with Crippen molar-refractivity contribution in [2.45, 2.75) is 33.6 Å². The second-order valence-electron chi connectivity index (χ2n) is 7.06. The highest BCUT2D eigenvalue weighted by Crippen LogP contribution is 2.32. The number of nitrogens with zero attached hydrogens (tertiary/aromatic N) is 1. The smallest absolute Gasteiger partial charge is 0.257 e. The molecule has 0 unspecified atom stereocenters. The van der Waals surface area contributed by atoms with Gasteiger partial charge in [-0.05, 0) is 42.2 Å². The van der Waals surface area contributed by atoms with E-state index in [2.05, 4.69) is 5.32 Å². The minimum Gasteiger partial charge on any atom is -0.321 e. The van der Waals surface area contributed by atoms with E-state index in [1.807, 2.05) is 32.0 Å². The fourth-order valence-corrected chi connectivity index (χ4v) is 5.56. The third-order valence-corrected chi connectivity index (χ3v) is 7.21. The Morgan fingerprint density at radius 2 is 1.79 bits per heavy atom. The van der Waals surface area contributed by atoms with Crippen molar-refractivity contribution >= 4 is 44.8 Å². The van der Waals surface area contributed by atoms with Crippen molar-refractivity contribution in [3.05, 3.63) is 58.1 Å². The molecule has 1 aliphatic rings. The molecular formula is C21H23ClN2O4S. The quantitative estimate of drug-likeness (QED) is 0.770. The fraction of sp³-hybridized carbons (Fsp3) is 0.333. The average molecular weight is 435 g/mol. The summed E-state index contributed by atoms with van der Waals surface area (Å²) in [5.41, 5.74) is 3.17. The third-order valence-electron chi connectivity index (χ3n) is 5.03. The van der Waals surface area contributed by atoms with Gasteiger partial charge in [-0.25, -0.2) is 12.7 Å². The SMILES string of the molecule is CCc1cccc(CC)c1NC(=O)c1ccc(N2C(=O)[C@H](C)CS2(=O)=O)cc1Cl. The van der Waals surface area contributed by atoms with E-state index in [0.29, 0.717) is 0 Å². The van der Waals surface area contributed by atoms with Crippen molar-refractivity contribution < 1.29 is 18.0 Å². The van der Waals surface area contributed by atoms with Crippen LogP contribution in [-0.4, -0.2) is 26.0 Å². The number of hydrogen-bond donors (Lipinski definition) is 1. The van der Waals surface area contributed by atoms with Crippen molar-refractivity contribution in [3.8, 4) is 0 Å². The number of halogens is 1. The number of para-hydroxylation sites is 1. The van der Waals surface area contributed by atoms with E-state index in [9.17, 15) is 18.0 Å². The molecule has 1 saturated heterocycles. The average Bonchev–Trinajstić information content (AvgIpc) is 2.88. The molecule has 6 nitrogen and oxygen atoms in total. The summed E-state index contributed by atoms with van der Waals surface area (Å²) in [6, 6.07) is 10.1. The van der Waals surface area contributed by atoms with E-state index in [0.717, 1.165) is 34.0 Å². The first kappa shape index (κ1) is 21.3. The number of carbonyl (C=O) groups excluding carboxylic acids is 2. The molecule has 154 valence electrons. The van der Waals surface area contributed by atoms with Crippen molar-refractivity contribution in [2.24, 2.45) is 5.92 Å². The van der Waals surface area contributed by atoms with Crippen LogP contribution in [-0.2, 0) is 27.7 Å². The Bertz CT molecular complexity index is 1060. The van der Waals surface area contributed by atoms with Crippen molar-refractivity contribution in [2.75, 3.05) is 15.4 Å². The predicted octanol–water partition coefficient (Wildman–Crippen LogP) is 4.03. The van der Waals surface area contributed by atoms with E-state index >= 15 is 0 Å². The first-order chi connectivity index (χ1) is 13.7. The highest BCUT2D eigenvalue weighted by atomic mass is 35.5. The van der Waals surface area contributed by atoms with Crippen molar-refractivity contribution in [3.63, 3.8) is 0 Å². The molecule has 2 amide bonds. The Morgan fingerprint density at radius 1 is 1.17 bits per heavy atom. The van der Waals surface area contributed by atoms with Crippen LogP contribution in [0.4, 0.5) is 11.4 Å². The van der Waals surface area contributed by atoms with Gasteiger partial charge in [0.25, 0.3) is 5.91 Å². The van der Waals surface area contributed by atoms with Crippen LogP contribution in [0.15, 0.2) is 36.4 Å². The van der Waals surface area contributed by atoms with Crippen LogP contribution in [0.25, 0.3) is 0 Å². The molecule has 0 aromatic heterocycles. The Kier molecular flexibility index (Phi) is 6.00. The molecule has 2 aromatic carbocycles. The molecule has 1 heterocycles. The van der Waals surface area contributed by atoms with Gasteiger partial charge in [0.1, 0.15) is 0 Å². The second-order valence-corrected chi connectivity index (χ2v) is 9.33. The molecule has 0 bridgehead atoms. The van der Waals surface area contributed by atoms with Crippen LogP contribution in [0.2, 0.25) is 5.02 Å². The molecular weight excluding hydrogens is 412 g/mol. The standard InChI is InChI=1S/C21H23ClN2O4S/c1-4-14-7-6-8-15(5-2)19(14)23-20(25)17-10-9-16(11-18(17)22)24-21(26)13(3)12-29(24,27)28/h6-11,13H,4-5,12H2,1-3H3,(H,23,25)/t13-/m1/s1. The number of carbonyl (C=O) groups is 2. The summed E-state index contributed by atoms with van der Waals surface area (Å²) in [7, 11) is -3.73. The van der Waals surface area contributed by atoms with Gasteiger partial charge in [0, 0.05) is 5.69 Å². The van der Waals surface area contributed by atoms with Crippen molar-refractivity contribution in [1.82, 2.24) is 0 Å². The highest BCUT2D eigenvalue weighted by Gasteiger charge is 2.42. The lowest BCUT2D eigenvalue weighted by atomic mass is 10.0. The van der Waals surface area contributed by atoms with Gasteiger partial charge in [-0.3, -0.25) is 9.59 Å². The number of hydrogen-bond acceptors (Lipinski definition) is 4. The highest BCUT2D eigenvalue weighted by molar-refractivity contribution is 7.94. The summed E-state index contributed by atoms with van der Waals surface area (Å²) in [6.07, 6.45) is 1.53. The normalized spacial score (nSPS) is 18.1. The monoisotopic (exact) mass is 434 g/mol. The first-order valence-electron chi connectivity index (χ1n) is 9.48. The van der Waals surface area contributed by atoms with E-state index in [-0.39, 0.29) is 27.9 Å². The maximum Gasteiger partial charge on any atom is 0.257 e. The molecule has 0 spiro atoms. The molecule has 3 rings (SSSR count). The lowest BCUT2D eigenvalue weighted by Crippen LogP contribution is -2.30. The van der Waals surface area contributed by atoms with Gasteiger partial charge in [-0.15, -0.1) is 0 Å². The fourth-order valence-electron chi connectivity index (χ4n) is 3.49. The Morgan fingerprint density at radius 3 is 2.28 bits per heavy atom. The number of benzene rings is 2. The van der Waals surface area contributed by atoms with Gasteiger partial charge in [0.2, 0.25) is 15.9 Å². The molecule has 2 aromatic rings. The maximum atomic E-state index is 12.9. The van der Waals surface area contributed by atoms with Crippen LogP contribution < -0.4 is 9.62 Å². The summed E-state index contributed by atoms with van der Waals surface area (Å²) in [5.74, 6) is -1.73.